The van der Waals surface area contributed by atoms with E-state index in [1.807, 2.05) is 22.6 Å². The molecule has 0 aromatic rings. The second-order valence-corrected chi connectivity index (χ2v) is 6.17. The fourth-order valence-corrected chi connectivity index (χ4v) is 2.41. The van der Waals surface area contributed by atoms with E-state index in [1.54, 1.807) is 0 Å². The van der Waals surface area contributed by atoms with E-state index in [4.69, 9.17) is 0 Å². The van der Waals surface area contributed by atoms with Crippen LogP contribution >= 0.6 is 22.6 Å². The van der Waals surface area contributed by atoms with Crippen LogP contribution in [0, 0.1) is 0 Å². The summed E-state index contributed by atoms with van der Waals surface area (Å²) in [5.74, 6) is 0.116. The molecule has 4 nitrogen and oxygen atoms in total. The van der Waals surface area contributed by atoms with Gasteiger partial charge in [0.2, 0.25) is 11.8 Å². The molecule has 124 valence electrons. The number of halogens is 1. The third kappa shape index (κ3) is 15.9. The largest absolute Gasteiger partial charge is 0.354 e. The quantitative estimate of drug-likeness (QED) is 0.261. The highest BCUT2D eigenvalue weighted by Gasteiger charge is 2.01. The van der Waals surface area contributed by atoms with Gasteiger partial charge >= 0.3 is 0 Å². The molecule has 0 fully saturated rings. The van der Waals surface area contributed by atoms with Crippen molar-refractivity contribution in [2.75, 3.05) is 17.5 Å². The van der Waals surface area contributed by atoms with Crippen LogP contribution in [0.5, 0.6) is 0 Å². The van der Waals surface area contributed by atoms with Gasteiger partial charge in [0.25, 0.3) is 0 Å². The van der Waals surface area contributed by atoms with Gasteiger partial charge in [0, 0.05) is 19.5 Å². The van der Waals surface area contributed by atoms with E-state index >= 15 is 0 Å². The Morgan fingerprint density at radius 2 is 1.24 bits per heavy atom. The fourth-order valence-electron chi connectivity index (χ4n) is 2.14. The van der Waals surface area contributed by atoms with E-state index in [0.717, 1.165) is 12.8 Å². The standard InChI is InChI=1S/C16H31IN2O2/c1-2-3-4-5-6-7-8-9-10-11-15(20)18-12-13-19-16(21)14-17/h2-14H2,1H3,(H,18,20)(H,19,21). The van der Waals surface area contributed by atoms with Crippen molar-refractivity contribution in [2.24, 2.45) is 0 Å². The first kappa shape index (κ1) is 20.7. The summed E-state index contributed by atoms with van der Waals surface area (Å²) in [6.45, 7) is 3.28. The summed E-state index contributed by atoms with van der Waals surface area (Å²) in [5, 5.41) is 5.56. The van der Waals surface area contributed by atoms with Crippen molar-refractivity contribution in [3.63, 3.8) is 0 Å². The van der Waals surface area contributed by atoms with Crippen molar-refractivity contribution in [1.82, 2.24) is 10.6 Å². The Hall–Kier alpha value is -0.330. The lowest BCUT2D eigenvalue weighted by Crippen LogP contribution is -2.34. The summed E-state index contributed by atoms with van der Waals surface area (Å²) in [4.78, 5) is 22.5. The second-order valence-electron chi connectivity index (χ2n) is 5.41. The van der Waals surface area contributed by atoms with Crippen molar-refractivity contribution < 1.29 is 9.59 Å². The van der Waals surface area contributed by atoms with Gasteiger partial charge in [-0.15, -0.1) is 0 Å². The number of nitrogens with one attached hydrogen (secondary N) is 2. The first-order valence-electron chi connectivity index (χ1n) is 8.30. The minimum absolute atomic E-state index is 0.0174. The number of alkyl halides is 1. The average molecular weight is 410 g/mol. The first-order chi connectivity index (χ1) is 10.2. The fraction of sp³-hybridized carbons (Fsp3) is 0.875. The molecule has 0 unspecified atom stereocenters. The molecule has 0 aliphatic rings. The minimum Gasteiger partial charge on any atom is -0.354 e. The lowest BCUT2D eigenvalue weighted by Gasteiger charge is -2.06. The van der Waals surface area contributed by atoms with Crippen molar-refractivity contribution in [2.45, 2.75) is 71.1 Å². The Morgan fingerprint density at radius 1 is 0.762 bits per heavy atom. The molecule has 0 aromatic heterocycles. The predicted octanol–water partition coefficient (Wildman–Crippen LogP) is 3.57. The molecule has 2 amide bonds. The monoisotopic (exact) mass is 410 g/mol. The number of carbonyl (C=O) groups excluding carboxylic acids is 2. The molecule has 0 bridgehead atoms. The van der Waals surface area contributed by atoms with E-state index in [9.17, 15) is 9.59 Å². The third-order valence-electron chi connectivity index (χ3n) is 3.40. The topological polar surface area (TPSA) is 58.2 Å². The maximum absolute atomic E-state index is 11.5. The highest BCUT2D eigenvalue weighted by molar-refractivity contribution is 14.1. The number of rotatable bonds is 14. The first-order valence-corrected chi connectivity index (χ1v) is 9.82. The van der Waals surface area contributed by atoms with Gasteiger partial charge in [0.15, 0.2) is 0 Å². The van der Waals surface area contributed by atoms with E-state index < -0.39 is 0 Å². The summed E-state index contributed by atoms with van der Waals surface area (Å²) >= 11 is 2.02. The second kappa shape index (κ2) is 16.0. The van der Waals surface area contributed by atoms with Crippen molar-refractivity contribution in [3.8, 4) is 0 Å². The highest BCUT2D eigenvalue weighted by atomic mass is 127. The molecule has 0 atom stereocenters. The maximum Gasteiger partial charge on any atom is 0.229 e. The normalized spacial score (nSPS) is 10.4. The summed E-state index contributed by atoms with van der Waals surface area (Å²) in [7, 11) is 0. The molecule has 2 N–H and O–H groups in total. The van der Waals surface area contributed by atoms with E-state index in [2.05, 4.69) is 17.6 Å². The van der Waals surface area contributed by atoms with Gasteiger partial charge in [0.05, 0.1) is 4.43 Å². The molecule has 0 spiro atoms. The molecule has 21 heavy (non-hydrogen) atoms. The van der Waals surface area contributed by atoms with Gasteiger partial charge in [-0.1, -0.05) is 80.9 Å². The molecule has 0 aromatic carbocycles. The molecule has 0 rings (SSSR count). The molecular formula is C16H31IN2O2. The Balaban J connectivity index is 3.21. The van der Waals surface area contributed by atoms with Gasteiger partial charge in [-0.3, -0.25) is 9.59 Å². The Kier molecular flexibility index (Phi) is 15.8. The molecule has 0 aliphatic carbocycles. The van der Waals surface area contributed by atoms with Crippen LogP contribution in [0.1, 0.15) is 71.1 Å². The van der Waals surface area contributed by atoms with Crippen LogP contribution in [0.3, 0.4) is 0 Å². The van der Waals surface area contributed by atoms with Crippen LogP contribution in [0.25, 0.3) is 0 Å². The minimum atomic E-state index is 0.0174. The summed E-state index contributed by atoms with van der Waals surface area (Å²) in [5.41, 5.74) is 0. The van der Waals surface area contributed by atoms with Crippen molar-refractivity contribution in [1.29, 1.82) is 0 Å². The molecular weight excluding hydrogens is 379 g/mol. The summed E-state index contributed by atoms with van der Waals surface area (Å²) < 4.78 is 0.462. The lowest BCUT2D eigenvalue weighted by atomic mass is 10.1. The van der Waals surface area contributed by atoms with Gasteiger partial charge in [-0.05, 0) is 6.42 Å². The number of carbonyl (C=O) groups is 2. The van der Waals surface area contributed by atoms with Gasteiger partial charge in [-0.25, -0.2) is 0 Å². The number of hydrogen-bond donors (Lipinski definition) is 2. The molecule has 0 heterocycles. The lowest BCUT2D eigenvalue weighted by molar-refractivity contribution is -0.122. The van der Waals surface area contributed by atoms with Gasteiger partial charge in [-0.2, -0.15) is 0 Å². The zero-order valence-electron chi connectivity index (χ0n) is 13.4. The zero-order valence-corrected chi connectivity index (χ0v) is 15.5. The van der Waals surface area contributed by atoms with E-state index in [0.29, 0.717) is 23.9 Å². The summed E-state index contributed by atoms with van der Waals surface area (Å²) in [6, 6.07) is 0. The van der Waals surface area contributed by atoms with Crippen LogP contribution in [0.15, 0.2) is 0 Å². The maximum atomic E-state index is 11.5. The van der Waals surface area contributed by atoms with Crippen LogP contribution in [-0.2, 0) is 9.59 Å². The van der Waals surface area contributed by atoms with Crippen molar-refractivity contribution in [3.05, 3.63) is 0 Å². The van der Waals surface area contributed by atoms with E-state index in [-0.39, 0.29) is 11.8 Å². The molecule has 0 saturated carbocycles. The Labute approximate surface area is 143 Å². The molecule has 0 radical (unpaired) electrons. The third-order valence-corrected chi connectivity index (χ3v) is 4.09. The Bertz CT molecular complexity index is 273. The van der Waals surface area contributed by atoms with E-state index in [1.165, 1.54) is 44.9 Å². The molecule has 5 heteroatoms. The van der Waals surface area contributed by atoms with Crippen LogP contribution in [0.2, 0.25) is 0 Å². The van der Waals surface area contributed by atoms with Crippen LogP contribution < -0.4 is 10.6 Å². The highest BCUT2D eigenvalue weighted by Crippen LogP contribution is 2.10. The predicted molar refractivity (Wildman–Crippen MR) is 96.8 cm³/mol. The molecule has 0 saturated heterocycles. The molecule has 0 aliphatic heterocycles. The number of amides is 2. The number of unbranched alkanes of at least 4 members (excludes halogenated alkanes) is 8. The zero-order chi connectivity index (χ0) is 15.8. The van der Waals surface area contributed by atoms with Crippen molar-refractivity contribution >= 4 is 34.4 Å². The average Bonchev–Trinajstić information content (AvgIpc) is 2.49. The smallest absolute Gasteiger partial charge is 0.229 e. The van der Waals surface area contributed by atoms with Gasteiger partial charge < -0.3 is 10.6 Å². The summed E-state index contributed by atoms with van der Waals surface area (Å²) in [6.07, 6.45) is 12.0. The van der Waals surface area contributed by atoms with Crippen LogP contribution in [-0.4, -0.2) is 29.3 Å². The Morgan fingerprint density at radius 3 is 1.76 bits per heavy atom. The SMILES string of the molecule is CCCCCCCCCCCC(=O)NCCNC(=O)CI. The van der Waals surface area contributed by atoms with Gasteiger partial charge in [0.1, 0.15) is 0 Å². The number of hydrogen-bond acceptors (Lipinski definition) is 2. The van der Waals surface area contributed by atoms with Crippen LogP contribution in [0.4, 0.5) is 0 Å².